The van der Waals surface area contributed by atoms with E-state index in [1.165, 1.54) is 30.5 Å². The molecule has 0 bridgehead atoms. The Labute approximate surface area is 97.0 Å². The molecule has 3 rings (SSSR count). The van der Waals surface area contributed by atoms with Gasteiger partial charge < -0.3 is 10.1 Å². The Bertz CT molecular complexity index is 382. The normalized spacial score (nSPS) is 28.6. The van der Waals surface area contributed by atoms with Crippen LogP contribution in [0.1, 0.15) is 36.3 Å². The summed E-state index contributed by atoms with van der Waals surface area (Å²) in [5, 5.41) is 3.63. The Morgan fingerprint density at radius 1 is 1.31 bits per heavy atom. The average Bonchev–Trinajstić information content (AvgIpc) is 2.81. The third kappa shape index (κ3) is 1.71. The molecule has 2 heterocycles. The molecule has 2 unspecified atom stereocenters. The van der Waals surface area contributed by atoms with Crippen LogP contribution in [0.15, 0.2) is 18.2 Å². The van der Waals surface area contributed by atoms with Gasteiger partial charge in [0.15, 0.2) is 0 Å². The summed E-state index contributed by atoms with van der Waals surface area (Å²) >= 11 is 0. The van der Waals surface area contributed by atoms with Gasteiger partial charge in [-0.1, -0.05) is 12.1 Å². The van der Waals surface area contributed by atoms with E-state index in [4.69, 9.17) is 4.74 Å². The number of aryl methyl sites for hydroxylation is 1. The van der Waals surface area contributed by atoms with E-state index in [9.17, 15) is 0 Å². The zero-order valence-corrected chi connectivity index (χ0v) is 9.83. The third-order valence-electron chi connectivity index (χ3n) is 3.84. The van der Waals surface area contributed by atoms with Gasteiger partial charge in [-0.25, -0.2) is 0 Å². The predicted octanol–water partition coefficient (Wildman–Crippen LogP) is 2.61. The number of hydrogen-bond acceptors (Lipinski definition) is 2. The lowest BCUT2D eigenvalue weighted by atomic mass is 9.85. The van der Waals surface area contributed by atoms with Crippen LogP contribution in [0, 0.1) is 6.92 Å². The lowest BCUT2D eigenvalue weighted by molar-refractivity contribution is 0.250. The summed E-state index contributed by atoms with van der Waals surface area (Å²) in [6.07, 6.45) is 3.80. The Morgan fingerprint density at radius 2 is 2.25 bits per heavy atom. The first kappa shape index (κ1) is 10.2. The van der Waals surface area contributed by atoms with Crippen molar-refractivity contribution in [1.29, 1.82) is 0 Å². The Morgan fingerprint density at radius 3 is 3.06 bits per heavy atom. The highest BCUT2D eigenvalue weighted by Crippen LogP contribution is 2.38. The van der Waals surface area contributed by atoms with Gasteiger partial charge in [0.25, 0.3) is 0 Å². The Balaban J connectivity index is 1.93. The minimum Gasteiger partial charge on any atom is -0.493 e. The van der Waals surface area contributed by atoms with Crippen LogP contribution in [-0.4, -0.2) is 19.2 Å². The standard InChI is InChI=1S/C14H19NO/c1-10-4-5-12-11(13-3-2-7-15-13)6-8-16-14(12)9-10/h4-5,9,11,13,15H,2-3,6-8H2,1H3. The predicted molar refractivity (Wildman–Crippen MR) is 65.1 cm³/mol. The monoisotopic (exact) mass is 217 g/mol. The molecule has 0 aliphatic carbocycles. The van der Waals surface area contributed by atoms with Crippen LogP contribution >= 0.6 is 0 Å². The summed E-state index contributed by atoms with van der Waals surface area (Å²) in [6, 6.07) is 7.31. The van der Waals surface area contributed by atoms with Gasteiger partial charge >= 0.3 is 0 Å². The van der Waals surface area contributed by atoms with Crippen LogP contribution in [-0.2, 0) is 0 Å². The highest BCUT2D eigenvalue weighted by Gasteiger charge is 2.30. The molecule has 0 amide bonds. The van der Waals surface area contributed by atoms with Crippen molar-refractivity contribution in [1.82, 2.24) is 5.32 Å². The fourth-order valence-corrected chi connectivity index (χ4v) is 3.00. The topological polar surface area (TPSA) is 21.3 Å². The number of rotatable bonds is 1. The molecule has 2 aliphatic heterocycles. The molecule has 2 heteroatoms. The Kier molecular flexibility index (Phi) is 2.60. The molecule has 0 aromatic heterocycles. The summed E-state index contributed by atoms with van der Waals surface area (Å²) in [5.74, 6) is 1.77. The molecule has 1 aromatic carbocycles. The van der Waals surface area contributed by atoms with Crippen LogP contribution in [0.3, 0.4) is 0 Å². The molecule has 0 spiro atoms. The molecule has 16 heavy (non-hydrogen) atoms. The van der Waals surface area contributed by atoms with Crippen molar-refractivity contribution in [2.45, 2.75) is 38.1 Å². The summed E-state index contributed by atoms with van der Waals surface area (Å²) < 4.78 is 5.77. The zero-order chi connectivity index (χ0) is 11.0. The smallest absolute Gasteiger partial charge is 0.123 e. The maximum absolute atomic E-state index is 5.77. The minimum absolute atomic E-state index is 0.659. The van der Waals surface area contributed by atoms with Crippen LogP contribution in [0.5, 0.6) is 5.75 Å². The van der Waals surface area contributed by atoms with Gasteiger partial charge in [-0.3, -0.25) is 0 Å². The molecule has 2 atom stereocenters. The van der Waals surface area contributed by atoms with E-state index < -0.39 is 0 Å². The molecular weight excluding hydrogens is 198 g/mol. The summed E-state index contributed by atoms with van der Waals surface area (Å²) in [5.41, 5.74) is 2.70. The summed E-state index contributed by atoms with van der Waals surface area (Å²) in [6.45, 7) is 4.18. The second-order valence-corrected chi connectivity index (χ2v) is 4.99. The van der Waals surface area contributed by atoms with Crippen molar-refractivity contribution in [3.63, 3.8) is 0 Å². The number of ether oxygens (including phenoxy) is 1. The van der Waals surface area contributed by atoms with E-state index >= 15 is 0 Å². The molecule has 1 fully saturated rings. The van der Waals surface area contributed by atoms with Gasteiger partial charge in [-0.15, -0.1) is 0 Å². The first-order valence-electron chi connectivity index (χ1n) is 6.31. The molecule has 2 aliphatic rings. The number of nitrogens with one attached hydrogen (secondary N) is 1. The van der Waals surface area contributed by atoms with E-state index in [0.29, 0.717) is 12.0 Å². The Hall–Kier alpha value is -1.02. The quantitative estimate of drug-likeness (QED) is 0.780. The number of fused-ring (bicyclic) bond motifs is 1. The first-order valence-corrected chi connectivity index (χ1v) is 6.31. The largest absolute Gasteiger partial charge is 0.493 e. The fourth-order valence-electron chi connectivity index (χ4n) is 3.00. The van der Waals surface area contributed by atoms with Crippen LogP contribution < -0.4 is 10.1 Å². The van der Waals surface area contributed by atoms with Crippen molar-refractivity contribution < 1.29 is 4.74 Å². The fraction of sp³-hybridized carbons (Fsp3) is 0.571. The van der Waals surface area contributed by atoms with Crippen LogP contribution in [0.25, 0.3) is 0 Å². The van der Waals surface area contributed by atoms with E-state index in [0.717, 1.165) is 18.8 Å². The second-order valence-electron chi connectivity index (χ2n) is 4.99. The minimum atomic E-state index is 0.659. The highest BCUT2D eigenvalue weighted by atomic mass is 16.5. The lowest BCUT2D eigenvalue weighted by Gasteiger charge is -2.30. The second kappa shape index (κ2) is 4.10. The molecular formula is C14H19NO. The van der Waals surface area contributed by atoms with E-state index in [1.807, 2.05) is 0 Å². The maximum atomic E-state index is 5.77. The van der Waals surface area contributed by atoms with Gasteiger partial charge in [0.2, 0.25) is 0 Å². The third-order valence-corrected chi connectivity index (χ3v) is 3.84. The van der Waals surface area contributed by atoms with Crippen molar-refractivity contribution >= 4 is 0 Å². The van der Waals surface area contributed by atoms with Crippen molar-refractivity contribution in [2.24, 2.45) is 0 Å². The maximum Gasteiger partial charge on any atom is 0.123 e. The molecule has 1 aromatic rings. The van der Waals surface area contributed by atoms with Gasteiger partial charge in [-0.05, 0) is 49.9 Å². The lowest BCUT2D eigenvalue weighted by Crippen LogP contribution is -2.32. The van der Waals surface area contributed by atoms with Gasteiger partial charge in [0.1, 0.15) is 5.75 Å². The SMILES string of the molecule is Cc1ccc2c(c1)OCCC2C1CCCN1. The van der Waals surface area contributed by atoms with Gasteiger partial charge in [-0.2, -0.15) is 0 Å². The van der Waals surface area contributed by atoms with Crippen LogP contribution in [0.2, 0.25) is 0 Å². The molecule has 0 saturated carbocycles. The molecule has 1 saturated heterocycles. The van der Waals surface area contributed by atoms with E-state index in [-0.39, 0.29) is 0 Å². The van der Waals surface area contributed by atoms with Crippen molar-refractivity contribution in [3.05, 3.63) is 29.3 Å². The van der Waals surface area contributed by atoms with Gasteiger partial charge in [0.05, 0.1) is 6.61 Å². The molecule has 0 radical (unpaired) electrons. The average molecular weight is 217 g/mol. The van der Waals surface area contributed by atoms with Gasteiger partial charge in [0, 0.05) is 12.0 Å². The zero-order valence-electron chi connectivity index (χ0n) is 9.83. The van der Waals surface area contributed by atoms with Crippen LogP contribution in [0.4, 0.5) is 0 Å². The molecule has 86 valence electrons. The number of hydrogen-bond donors (Lipinski definition) is 1. The molecule has 2 nitrogen and oxygen atoms in total. The van der Waals surface area contributed by atoms with Crippen molar-refractivity contribution in [2.75, 3.05) is 13.2 Å². The summed E-state index contributed by atoms with van der Waals surface area (Å²) in [7, 11) is 0. The number of benzene rings is 1. The first-order chi connectivity index (χ1) is 7.84. The van der Waals surface area contributed by atoms with Crippen molar-refractivity contribution in [3.8, 4) is 5.75 Å². The highest BCUT2D eigenvalue weighted by molar-refractivity contribution is 5.41. The summed E-state index contributed by atoms with van der Waals surface area (Å²) in [4.78, 5) is 0. The van der Waals surface area contributed by atoms with E-state index in [2.05, 4.69) is 30.4 Å². The molecule has 1 N–H and O–H groups in total. The van der Waals surface area contributed by atoms with E-state index in [1.54, 1.807) is 0 Å².